The van der Waals surface area contributed by atoms with Crippen molar-refractivity contribution in [3.05, 3.63) is 59.3 Å². The van der Waals surface area contributed by atoms with Crippen LogP contribution in [0.2, 0.25) is 0 Å². The van der Waals surface area contributed by atoms with Gasteiger partial charge in [0.15, 0.2) is 0 Å². The van der Waals surface area contributed by atoms with Crippen molar-refractivity contribution < 1.29 is 0 Å². The maximum Gasteiger partial charge on any atom is 0.128 e. The van der Waals surface area contributed by atoms with E-state index < -0.39 is 0 Å². The van der Waals surface area contributed by atoms with Gasteiger partial charge in [0.2, 0.25) is 0 Å². The standard InChI is InChI=1S/C17H21N3/c1-13(18)15-8-9-17(19-11-15)20-10-4-7-14-5-2-3-6-16(14)12-20/h2-3,5-6,8-9,11,13H,4,7,10,12,18H2,1H3/t13-/m1/s1. The third-order valence-corrected chi connectivity index (χ3v) is 3.97. The smallest absolute Gasteiger partial charge is 0.128 e. The summed E-state index contributed by atoms with van der Waals surface area (Å²) in [5.74, 6) is 1.05. The second kappa shape index (κ2) is 5.63. The summed E-state index contributed by atoms with van der Waals surface area (Å²) in [6, 6.07) is 12.9. The Balaban J connectivity index is 1.84. The zero-order chi connectivity index (χ0) is 13.9. The van der Waals surface area contributed by atoms with Gasteiger partial charge in [-0.1, -0.05) is 30.3 Å². The molecule has 3 heteroatoms. The molecule has 2 N–H and O–H groups in total. The Hall–Kier alpha value is -1.87. The van der Waals surface area contributed by atoms with Crippen LogP contribution in [-0.4, -0.2) is 11.5 Å². The molecule has 1 aliphatic heterocycles. The van der Waals surface area contributed by atoms with E-state index in [2.05, 4.69) is 46.3 Å². The van der Waals surface area contributed by atoms with Crippen LogP contribution in [0.25, 0.3) is 0 Å². The summed E-state index contributed by atoms with van der Waals surface area (Å²) in [6.45, 7) is 3.98. The first kappa shape index (κ1) is 13.1. The van der Waals surface area contributed by atoms with Gasteiger partial charge < -0.3 is 10.6 Å². The zero-order valence-corrected chi connectivity index (χ0v) is 11.9. The number of benzene rings is 1. The highest BCUT2D eigenvalue weighted by atomic mass is 15.2. The predicted molar refractivity (Wildman–Crippen MR) is 82.7 cm³/mol. The quantitative estimate of drug-likeness (QED) is 0.909. The number of nitrogens with zero attached hydrogens (tertiary/aromatic N) is 2. The summed E-state index contributed by atoms with van der Waals surface area (Å²) in [5.41, 5.74) is 9.86. The highest BCUT2D eigenvalue weighted by molar-refractivity contribution is 5.43. The summed E-state index contributed by atoms with van der Waals surface area (Å²) >= 11 is 0. The van der Waals surface area contributed by atoms with E-state index in [1.54, 1.807) is 0 Å². The molecule has 0 radical (unpaired) electrons. The molecule has 3 rings (SSSR count). The van der Waals surface area contributed by atoms with Gasteiger partial charge in [-0.15, -0.1) is 0 Å². The van der Waals surface area contributed by atoms with Gasteiger partial charge in [-0.2, -0.15) is 0 Å². The number of hydrogen-bond acceptors (Lipinski definition) is 3. The molecule has 0 bridgehead atoms. The molecule has 0 unspecified atom stereocenters. The molecule has 1 aliphatic rings. The number of fused-ring (bicyclic) bond motifs is 1. The van der Waals surface area contributed by atoms with E-state index in [0.717, 1.165) is 30.9 Å². The molecule has 0 aliphatic carbocycles. The molecule has 1 aromatic carbocycles. The Bertz CT molecular complexity index is 575. The van der Waals surface area contributed by atoms with Crippen LogP contribution in [0, 0.1) is 0 Å². The van der Waals surface area contributed by atoms with Gasteiger partial charge in [-0.25, -0.2) is 4.98 Å². The van der Waals surface area contributed by atoms with E-state index in [-0.39, 0.29) is 6.04 Å². The van der Waals surface area contributed by atoms with Gasteiger partial charge in [-0.05, 0) is 42.5 Å². The Labute approximate surface area is 120 Å². The first-order valence-corrected chi connectivity index (χ1v) is 7.27. The number of hydrogen-bond donors (Lipinski definition) is 1. The summed E-state index contributed by atoms with van der Waals surface area (Å²) < 4.78 is 0. The van der Waals surface area contributed by atoms with Crippen molar-refractivity contribution in [2.45, 2.75) is 32.4 Å². The summed E-state index contributed by atoms with van der Waals surface area (Å²) in [4.78, 5) is 6.94. The molecule has 1 atom stereocenters. The lowest BCUT2D eigenvalue weighted by molar-refractivity contribution is 0.750. The molecule has 104 valence electrons. The van der Waals surface area contributed by atoms with Crippen LogP contribution in [0.4, 0.5) is 5.82 Å². The van der Waals surface area contributed by atoms with E-state index in [9.17, 15) is 0 Å². The normalized spacial score (nSPS) is 16.4. The minimum Gasteiger partial charge on any atom is -0.352 e. The van der Waals surface area contributed by atoms with Crippen molar-refractivity contribution in [1.29, 1.82) is 0 Å². The average Bonchev–Trinajstić information content (AvgIpc) is 2.69. The summed E-state index contributed by atoms with van der Waals surface area (Å²) in [5, 5.41) is 0. The van der Waals surface area contributed by atoms with Crippen molar-refractivity contribution in [3.63, 3.8) is 0 Å². The largest absolute Gasteiger partial charge is 0.352 e. The highest BCUT2D eigenvalue weighted by Gasteiger charge is 2.15. The number of aryl methyl sites for hydroxylation is 1. The molecule has 2 heterocycles. The van der Waals surface area contributed by atoms with Crippen LogP contribution in [0.5, 0.6) is 0 Å². The lowest BCUT2D eigenvalue weighted by atomic mass is 10.0. The monoisotopic (exact) mass is 267 g/mol. The zero-order valence-electron chi connectivity index (χ0n) is 11.9. The molecule has 0 amide bonds. The lowest BCUT2D eigenvalue weighted by Crippen LogP contribution is -2.23. The fraction of sp³-hybridized carbons (Fsp3) is 0.353. The Morgan fingerprint density at radius 3 is 2.65 bits per heavy atom. The van der Waals surface area contributed by atoms with E-state index in [1.165, 1.54) is 17.5 Å². The average molecular weight is 267 g/mol. The molecule has 0 saturated carbocycles. The molecule has 1 aromatic heterocycles. The van der Waals surface area contributed by atoms with Crippen LogP contribution >= 0.6 is 0 Å². The number of anilines is 1. The SMILES string of the molecule is C[C@@H](N)c1ccc(N2CCCc3ccccc3C2)nc1. The van der Waals surface area contributed by atoms with Crippen molar-refractivity contribution >= 4 is 5.82 Å². The van der Waals surface area contributed by atoms with Crippen molar-refractivity contribution in [3.8, 4) is 0 Å². The van der Waals surface area contributed by atoms with Crippen LogP contribution in [0.1, 0.15) is 36.1 Å². The third kappa shape index (κ3) is 2.68. The topological polar surface area (TPSA) is 42.1 Å². The fourth-order valence-electron chi connectivity index (χ4n) is 2.75. The van der Waals surface area contributed by atoms with E-state index in [1.807, 2.05) is 13.1 Å². The van der Waals surface area contributed by atoms with Crippen LogP contribution in [-0.2, 0) is 13.0 Å². The van der Waals surface area contributed by atoms with Crippen molar-refractivity contribution in [2.75, 3.05) is 11.4 Å². The first-order valence-electron chi connectivity index (χ1n) is 7.27. The molecule has 2 aromatic rings. The maximum atomic E-state index is 5.88. The fourth-order valence-corrected chi connectivity index (χ4v) is 2.75. The van der Waals surface area contributed by atoms with E-state index in [4.69, 9.17) is 5.73 Å². The molecular weight excluding hydrogens is 246 g/mol. The lowest BCUT2D eigenvalue weighted by Gasteiger charge is -2.22. The Morgan fingerprint density at radius 2 is 1.95 bits per heavy atom. The number of pyridine rings is 1. The number of rotatable bonds is 2. The number of aromatic nitrogens is 1. The van der Waals surface area contributed by atoms with E-state index in [0.29, 0.717) is 0 Å². The molecule has 0 fully saturated rings. The first-order chi connectivity index (χ1) is 9.74. The van der Waals surface area contributed by atoms with Gasteiger partial charge in [-0.3, -0.25) is 0 Å². The Morgan fingerprint density at radius 1 is 1.15 bits per heavy atom. The number of nitrogens with two attached hydrogens (primary N) is 1. The van der Waals surface area contributed by atoms with Gasteiger partial charge in [0.25, 0.3) is 0 Å². The predicted octanol–water partition coefficient (Wildman–Crippen LogP) is 3.05. The molecule has 20 heavy (non-hydrogen) atoms. The van der Waals surface area contributed by atoms with Crippen LogP contribution in [0.15, 0.2) is 42.6 Å². The second-order valence-corrected chi connectivity index (χ2v) is 5.53. The van der Waals surface area contributed by atoms with Crippen LogP contribution < -0.4 is 10.6 Å². The highest BCUT2D eigenvalue weighted by Crippen LogP contribution is 2.23. The van der Waals surface area contributed by atoms with Gasteiger partial charge >= 0.3 is 0 Å². The Kier molecular flexibility index (Phi) is 3.70. The molecular formula is C17H21N3. The minimum absolute atomic E-state index is 0.0430. The molecule has 3 nitrogen and oxygen atoms in total. The van der Waals surface area contributed by atoms with Gasteiger partial charge in [0.1, 0.15) is 5.82 Å². The second-order valence-electron chi connectivity index (χ2n) is 5.53. The van der Waals surface area contributed by atoms with Gasteiger partial charge in [0.05, 0.1) is 0 Å². The van der Waals surface area contributed by atoms with Crippen LogP contribution in [0.3, 0.4) is 0 Å². The minimum atomic E-state index is 0.0430. The van der Waals surface area contributed by atoms with Crippen molar-refractivity contribution in [1.82, 2.24) is 4.98 Å². The van der Waals surface area contributed by atoms with Gasteiger partial charge in [0, 0.05) is 25.3 Å². The third-order valence-electron chi connectivity index (χ3n) is 3.97. The van der Waals surface area contributed by atoms with Crippen molar-refractivity contribution in [2.24, 2.45) is 5.73 Å². The maximum absolute atomic E-state index is 5.88. The molecule has 0 spiro atoms. The summed E-state index contributed by atoms with van der Waals surface area (Å²) in [7, 11) is 0. The van der Waals surface area contributed by atoms with E-state index >= 15 is 0 Å². The summed E-state index contributed by atoms with van der Waals surface area (Å²) in [6.07, 6.45) is 4.23. The molecule has 0 saturated heterocycles.